The fourth-order valence-corrected chi connectivity index (χ4v) is 1.20. The average molecular weight is 221 g/mol. The largest absolute Gasteiger partial charge is 0.323 e. The van der Waals surface area contributed by atoms with E-state index in [2.05, 4.69) is 29.5 Å². The molecule has 0 radical (unpaired) electrons. The summed E-state index contributed by atoms with van der Waals surface area (Å²) in [6.45, 7) is 5.45. The lowest BCUT2D eigenvalue weighted by molar-refractivity contribution is -0.115. The summed E-state index contributed by atoms with van der Waals surface area (Å²) in [5.41, 5.74) is 1.89. The zero-order valence-electron chi connectivity index (χ0n) is 9.92. The van der Waals surface area contributed by atoms with Crippen LogP contribution in [0.1, 0.15) is 32.3 Å². The number of amides is 1. The average Bonchev–Trinajstić information content (AvgIpc) is 2.50. The first-order valence-corrected chi connectivity index (χ1v) is 5.71. The van der Waals surface area contributed by atoms with Crippen molar-refractivity contribution in [3.05, 3.63) is 24.0 Å². The normalized spacial score (nSPS) is 14.0. The Morgan fingerprint density at radius 2 is 2.06 bits per heavy atom. The van der Waals surface area contributed by atoms with Gasteiger partial charge in [0, 0.05) is 12.7 Å². The summed E-state index contributed by atoms with van der Waals surface area (Å²) in [6, 6.07) is 1.90. The first kappa shape index (κ1) is 12.6. The molecule has 1 aliphatic heterocycles. The highest BCUT2D eigenvalue weighted by molar-refractivity contribution is 5.93. The molecule has 0 atom stereocenters. The van der Waals surface area contributed by atoms with Crippen molar-refractivity contribution in [2.45, 2.75) is 33.2 Å². The number of carbonyl (C=O) groups excluding carboxylic acids is 1. The molecular formula is C12H19N3O. The molecular weight excluding hydrogens is 202 g/mol. The Hall–Kier alpha value is -1.42. The van der Waals surface area contributed by atoms with Gasteiger partial charge in [-0.15, -0.1) is 0 Å². The van der Waals surface area contributed by atoms with Gasteiger partial charge < -0.3 is 10.6 Å². The topological polar surface area (TPSA) is 54.0 Å². The molecule has 0 aromatic carbocycles. The number of nitrogens with one attached hydrogen (secondary N) is 2. The van der Waals surface area contributed by atoms with Crippen molar-refractivity contribution in [2.24, 2.45) is 0 Å². The number of hydrogen-bond donors (Lipinski definition) is 2. The maximum atomic E-state index is 11.0. The second-order valence-corrected chi connectivity index (χ2v) is 3.68. The summed E-state index contributed by atoms with van der Waals surface area (Å²) < 4.78 is 0. The van der Waals surface area contributed by atoms with E-state index in [9.17, 15) is 4.79 Å². The van der Waals surface area contributed by atoms with Crippen molar-refractivity contribution in [1.82, 2.24) is 10.3 Å². The van der Waals surface area contributed by atoms with Gasteiger partial charge >= 0.3 is 0 Å². The molecule has 0 aliphatic carbocycles. The molecule has 0 unspecified atom stereocenters. The summed E-state index contributed by atoms with van der Waals surface area (Å²) in [6.07, 6.45) is 6.03. The minimum atomic E-state index is -0.0123. The van der Waals surface area contributed by atoms with E-state index < -0.39 is 0 Å². The Kier molecular flexibility index (Phi) is 5.50. The Labute approximate surface area is 96.5 Å². The molecule has 0 saturated heterocycles. The molecule has 4 heteroatoms. The summed E-state index contributed by atoms with van der Waals surface area (Å²) in [4.78, 5) is 15.0. The quantitative estimate of drug-likeness (QED) is 0.762. The zero-order chi connectivity index (χ0) is 11.8. The van der Waals surface area contributed by atoms with Crippen LogP contribution in [-0.2, 0) is 11.3 Å². The van der Waals surface area contributed by atoms with Gasteiger partial charge in [-0.1, -0.05) is 26.7 Å². The summed E-state index contributed by atoms with van der Waals surface area (Å²) >= 11 is 0. The molecule has 4 nitrogen and oxygen atoms in total. The van der Waals surface area contributed by atoms with E-state index >= 15 is 0 Å². The number of unbranched alkanes of at least 4 members (excludes halogenated alkanes) is 1. The number of rotatable bonds is 1. The minimum absolute atomic E-state index is 0.0123. The molecule has 16 heavy (non-hydrogen) atoms. The number of hydrogen-bond acceptors (Lipinski definition) is 3. The molecule has 0 fully saturated rings. The highest BCUT2D eigenvalue weighted by Gasteiger charge is 2.10. The third-order valence-electron chi connectivity index (χ3n) is 2.29. The maximum Gasteiger partial charge on any atom is 0.238 e. The van der Waals surface area contributed by atoms with Crippen molar-refractivity contribution < 1.29 is 4.79 Å². The molecule has 2 N–H and O–H groups in total. The van der Waals surface area contributed by atoms with E-state index in [0.29, 0.717) is 6.54 Å². The highest BCUT2D eigenvalue weighted by atomic mass is 16.1. The van der Waals surface area contributed by atoms with Gasteiger partial charge in [-0.25, -0.2) is 0 Å². The Balaban J connectivity index is 0.000000280. The number of anilines is 1. The lowest BCUT2D eigenvalue weighted by Crippen LogP contribution is -2.23. The van der Waals surface area contributed by atoms with Crippen LogP contribution in [0.5, 0.6) is 0 Å². The number of pyridine rings is 1. The van der Waals surface area contributed by atoms with Gasteiger partial charge in [-0.2, -0.15) is 0 Å². The molecule has 0 spiro atoms. The predicted molar refractivity (Wildman–Crippen MR) is 65.2 cm³/mol. The van der Waals surface area contributed by atoms with E-state index in [1.807, 2.05) is 6.07 Å². The number of aromatic nitrogens is 1. The molecule has 1 aliphatic rings. The van der Waals surface area contributed by atoms with Gasteiger partial charge in [-0.05, 0) is 11.6 Å². The molecule has 1 aromatic rings. The fraction of sp³-hybridized carbons (Fsp3) is 0.500. The van der Waals surface area contributed by atoms with Crippen molar-refractivity contribution >= 4 is 11.6 Å². The molecule has 0 bridgehead atoms. The van der Waals surface area contributed by atoms with Crippen LogP contribution in [0, 0.1) is 0 Å². The highest BCUT2D eigenvalue weighted by Crippen LogP contribution is 2.14. The summed E-state index contributed by atoms with van der Waals surface area (Å²) in [5, 5.41) is 5.77. The molecule has 1 aromatic heterocycles. The van der Waals surface area contributed by atoms with Crippen LogP contribution in [0.15, 0.2) is 18.5 Å². The number of nitrogens with zero attached hydrogens (tertiary/aromatic N) is 1. The van der Waals surface area contributed by atoms with Crippen LogP contribution in [0.2, 0.25) is 0 Å². The first-order valence-electron chi connectivity index (χ1n) is 5.71. The second-order valence-electron chi connectivity index (χ2n) is 3.68. The number of carbonyl (C=O) groups is 1. The van der Waals surface area contributed by atoms with Gasteiger partial charge in [0.1, 0.15) is 0 Å². The Morgan fingerprint density at radius 3 is 2.75 bits per heavy atom. The van der Waals surface area contributed by atoms with E-state index in [1.165, 1.54) is 12.8 Å². The monoisotopic (exact) mass is 221 g/mol. The lowest BCUT2D eigenvalue weighted by Gasteiger charge is -2.02. The van der Waals surface area contributed by atoms with Crippen LogP contribution >= 0.6 is 0 Å². The van der Waals surface area contributed by atoms with Crippen molar-refractivity contribution in [2.75, 3.05) is 11.9 Å². The van der Waals surface area contributed by atoms with Crippen molar-refractivity contribution in [3.63, 3.8) is 0 Å². The smallest absolute Gasteiger partial charge is 0.238 e. The van der Waals surface area contributed by atoms with Crippen LogP contribution in [0.25, 0.3) is 0 Å². The third-order valence-corrected chi connectivity index (χ3v) is 2.29. The van der Waals surface area contributed by atoms with Crippen LogP contribution in [0.3, 0.4) is 0 Å². The van der Waals surface area contributed by atoms with E-state index in [0.717, 1.165) is 17.8 Å². The van der Waals surface area contributed by atoms with E-state index in [4.69, 9.17) is 0 Å². The second kappa shape index (κ2) is 6.95. The van der Waals surface area contributed by atoms with Gasteiger partial charge in [0.25, 0.3) is 0 Å². The van der Waals surface area contributed by atoms with Crippen LogP contribution in [0.4, 0.5) is 5.69 Å². The predicted octanol–water partition coefficient (Wildman–Crippen LogP) is 1.93. The van der Waals surface area contributed by atoms with Crippen LogP contribution in [-0.4, -0.2) is 17.4 Å². The Morgan fingerprint density at radius 1 is 1.31 bits per heavy atom. The molecule has 2 heterocycles. The van der Waals surface area contributed by atoms with Gasteiger partial charge in [0.2, 0.25) is 5.91 Å². The minimum Gasteiger partial charge on any atom is -0.323 e. The zero-order valence-corrected chi connectivity index (χ0v) is 9.92. The third kappa shape index (κ3) is 3.98. The van der Waals surface area contributed by atoms with E-state index in [-0.39, 0.29) is 5.91 Å². The fourth-order valence-electron chi connectivity index (χ4n) is 1.20. The SMILES string of the molecule is CCCC.O=C1CNCc2ccncc2N1. The summed E-state index contributed by atoms with van der Waals surface area (Å²) in [7, 11) is 0. The van der Waals surface area contributed by atoms with Crippen molar-refractivity contribution in [3.8, 4) is 0 Å². The van der Waals surface area contributed by atoms with Gasteiger partial charge in [0.15, 0.2) is 0 Å². The Bertz CT molecular complexity index is 337. The molecule has 88 valence electrons. The first-order chi connectivity index (χ1) is 7.77. The van der Waals surface area contributed by atoms with Gasteiger partial charge in [-0.3, -0.25) is 9.78 Å². The molecule has 2 rings (SSSR count). The van der Waals surface area contributed by atoms with Gasteiger partial charge in [0.05, 0.1) is 18.4 Å². The van der Waals surface area contributed by atoms with Crippen LogP contribution < -0.4 is 10.6 Å². The number of fused-ring (bicyclic) bond motifs is 1. The standard InChI is InChI=1S/C8H9N3O.C4H10/c12-8-5-10-3-6-1-2-9-4-7(6)11-8;1-3-4-2/h1-2,4,10H,3,5H2,(H,11,12);3-4H2,1-2H3. The summed E-state index contributed by atoms with van der Waals surface area (Å²) in [5.74, 6) is -0.0123. The van der Waals surface area contributed by atoms with E-state index in [1.54, 1.807) is 12.4 Å². The van der Waals surface area contributed by atoms with Crippen molar-refractivity contribution in [1.29, 1.82) is 0 Å². The lowest BCUT2D eigenvalue weighted by atomic mass is 10.2. The maximum absolute atomic E-state index is 11.0. The molecule has 0 saturated carbocycles. The molecule has 1 amide bonds.